The molecule has 8 heteroatoms. The minimum atomic E-state index is -0.834. The third-order valence-corrected chi connectivity index (χ3v) is 3.55. The molecule has 1 aromatic carbocycles. The molecule has 1 aromatic rings. The molecule has 0 atom stereocenters. The van der Waals surface area contributed by atoms with Crippen LogP contribution in [0.5, 0.6) is 11.5 Å². The summed E-state index contributed by atoms with van der Waals surface area (Å²) in [6.07, 6.45) is 3.75. The minimum absolute atomic E-state index is 0.0220. The summed E-state index contributed by atoms with van der Waals surface area (Å²) in [6.45, 7) is 4.80. The fraction of sp³-hybridized carbons (Fsp3) is 0.471. The quantitative estimate of drug-likeness (QED) is 0.240. The molecule has 0 heterocycles. The van der Waals surface area contributed by atoms with Gasteiger partial charge in [-0.2, -0.15) is 4.39 Å². The Labute approximate surface area is 162 Å². The van der Waals surface area contributed by atoms with Gasteiger partial charge in [0.05, 0.1) is 22.4 Å². The molecule has 0 aliphatic carbocycles. The van der Waals surface area contributed by atoms with Crippen LogP contribution in [0.3, 0.4) is 0 Å². The van der Waals surface area contributed by atoms with Crippen molar-refractivity contribution in [2.45, 2.75) is 33.1 Å². The van der Waals surface area contributed by atoms with Gasteiger partial charge in [-0.25, -0.2) is 0 Å². The van der Waals surface area contributed by atoms with Crippen LogP contribution in [-0.4, -0.2) is 25.5 Å². The van der Waals surface area contributed by atoms with E-state index in [0.717, 1.165) is 31.1 Å². The van der Waals surface area contributed by atoms with Gasteiger partial charge in [0, 0.05) is 18.2 Å². The van der Waals surface area contributed by atoms with Gasteiger partial charge in [-0.15, -0.1) is 0 Å². The Kier molecular flexibility index (Phi) is 10.7. The van der Waals surface area contributed by atoms with E-state index >= 15 is 0 Å². The average molecular weight is 413 g/mol. The van der Waals surface area contributed by atoms with Gasteiger partial charge in [-0.05, 0) is 33.1 Å². The van der Waals surface area contributed by atoms with Gasteiger partial charge in [-0.1, -0.05) is 40.0 Å². The Morgan fingerprint density at radius 3 is 2.32 bits per heavy atom. The number of hydrogen-bond acceptors (Lipinski definition) is 4. The van der Waals surface area contributed by atoms with E-state index in [0.29, 0.717) is 34.8 Å². The summed E-state index contributed by atoms with van der Waals surface area (Å²) in [5.41, 5.74) is 0.892. The van der Waals surface area contributed by atoms with E-state index in [-0.39, 0.29) is 6.61 Å². The fourth-order valence-electron chi connectivity index (χ4n) is 1.75. The van der Waals surface area contributed by atoms with E-state index in [1.807, 2.05) is 13.8 Å². The zero-order valence-electron chi connectivity index (χ0n) is 14.2. The van der Waals surface area contributed by atoms with E-state index in [2.05, 4.69) is 5.16 Å². The van der Waals surface area contributed by atoms with E-state index in [1.165, 1.54) is 0 Å². The first-order valence-corrected chi connectivity index (χ1v) is 8.92. The number of halogens is 4. The number of oxime groups is 1. The number of rotatable bonds is 11. The van der Waals surface area contributed by atoms with Gasteiger partial charge in [0.1, 0.15) is 19.0 Å². The van der Waals surface area contributed by atoms with Crippen LogP contribution in [0, 0.1) is 0 Å². The molecule has 140 valence electrons. The Morgan fingerprint density at radius 2 is 1.72 bits per heavy atom. The number of ether oxygens (including phenoxy) is 2. The largest absolute Gasteiger partial charge is 0.490 e. The second kappa shape index (κ2) is 12.2. The van der Waals surface area contributed by atoms with Crippen LogP contribution in [-0.2, 0) is 4.84 Å². The van der Waals surface area contributed by atoms with Gasteiger partial charge in [0.15, 0.2) is 11.0 Å². The zero-order chi connectivity index (χ0) is 18.7. The molecule has 0 aliphatic heterocycles. The second-order valence-electron chi connectivity index (χ2n) is 5.30. The smallest absolute Gasteiger partial charge is 0.188 e. The van der Waals surface area contributed by atoms with Crippen LogP contribution in [0.4, 0.5) is 4.39 Å². The van der Waals surface area contributed by atoms with Crippen LogP contribution >= 0.6 is 34.8 Å². The topological polar surface area (TPSA) is 40.0 Å². The average Bonchev–Trinajstić information content (AvgIpc) is 2.51. The van der Waals surface area contributed by atoms with Crippen molar-refractivity contribution < 1.29 is 18.7 Å². The number of benzene rings is 1. The molecule has 0 saturated carbocycles. The SMILES string of the molecule is CC(C)=NOCCCCCOc1c(Cl)cc(OC/C=C(\F)Cl)cc1Cl. The standard InChI is InChI=1S/C17H21Cl3FNO3/c1-12(2)22-25-8-5-3-4-7-24-17-14(18)10-13(11-15(17)19)23-9-6-16(20)21/h6,10-11H,3-5,7-9H2,1-2H3/b16-6-. The Morgan fingerprint density at radius 1 is 1.08 bits per heavy atom. The summed E-state index contributed by atoms with van der Waals surface area (Å²) in [5.74, 6) is 0.803. The fourth-order valence-corrected chi connectivity index (χ4v) is 2.39. The molecule has 4 nitrogen and oxygen atoms in total. The molecule has 0 aliphatic rings. The summed E-state index contributed by atoms with van der Waals surface area (Å²) >= 11 is 17.4. The maximum Gasteiger partial charge on any atom is 0.188 e. The van der Waals surface area contributed by atoms with Crippen molar-refractivity contribution in [3.63, 3.8) is 0 Å². The van der Waals surface area contributed by atoms with Crippen molar-refractivity contribution in [3.05, 3.63) is 33.5 Å². The third kappa shape index (κ3) is 9.78. The lowest BCUT2D eigenvalue weighted by molar-refractivity contribution is 0.138. The summed E-state index contributed by atoms with van der Waals surface area (Å²) in [7, 11) is 0. The first-order chi connectivity index (χ1) is 11.9. The van der Waals surface area contributed by atoms with Crippen LogP contribution in [0.1, 0.15) is 33.1 Å². The number of hydrogen-bond donors (Lipinski definition) is 0. The molecule has 0 N–H and O–H groups in total. The highest BCUT2D eigenvalue weighted by molar-refractivity contribution is 6.37. The molecular formula is C17H21Cl3FNO3. The molecule has 0 fully saturated rings. The first-order valence-electron chi connectivity index (χ1n) is 7.79. The predicted molar refractivity (Wildman–Crippen MR) is 101 cm³/mol. The van der Waals surface area contributed by atoms with Crippen molar-refractivity contribution in [2.24, 2.45) is 5.16 Å². The van der Waals surface area contributed by atoms with Crippen molar-refractivity contribution in [1.29, 1.82) is 0 Å². The van der Waals surface area contributed by atoms with Crippen molar-refractivity contribution in [2.75, 3.05) is 19.8 Å². The second-order valence-corrected chi connectivity index (χ2v) is 6.48. The highest BCUT2D eigenvalue weighted by atomic mass is 35.5. The molecule has 0 spiro atoms. The van der Waals surface area contributed by atoms with Crippen molar-refractivity contribution in [1.82, 2.24) is 0 Å². The van der Waals surface area contributed by atoms with Gasteiger partial charge in [0.25, 0.3) is 0 Å². The van der Waals surface area contributed by atoms with Crippen LogP contribution in [0.2, 0.25) is 10.0 Å². The van der Waals surface area contributed by atoms with Crippen molar-refractivity contribution >= 4 is 40.5 Å². The lowest BCUT2D eigenvalue weighted by atomic mass is 10.2. The molecule has 0 saturated heterocycles. The van der Waals surface area contributed by atoms with E-state index in [4.69, 9.17) is 49.1 Å². The van der Waals surface area contributed by atoms with Crippen molar-refractivity contribution in [3.8, 4) is 11.5 Å². The van der Waals surface area contributed by atoms with E-state index < -0.39 is 5.29 Å². The first kappa shape index (κ1) is 21.9. The summed E-state index contributed by atoms with van der Waals surface area (Å²) in [4.78, 5) is 5.11. The Hall–Kier alpha value is -1.17. The van der Waals surface area contributed by atoms with E-state index in [1.54, 1.807) is 12.1 Å². The third-order valence-electron chi connectivity index (χ3n) is 2.83. The highest BCUT2D eigenvalue weighted by Crippen LogP contribution is 2.37. The minimum Gasteiger partial charge on any atom is -0.490 e. The molecule has 0 aromatic heterocycles. The maximum atomic E-state index is 12.4. The molecule has 0 bridgehead atoms. The Balaban J connectivity index is 2.36. The van der Waals surface area contributed by atoms with Crippen LogP contribution in [0.15, 0.2) is 28.7 Å². The number of nitrogens with zero attached hydrogens (tertiary/aromatic N) is 1. The highest BCUT2D eigenvalue weighted by Gasteiger charge is 2.10. The van der Waals surface area contributed by atoms with E-state index in [9.17, 15) is 4.39 Å². The molecule has 1 rings (SSSR count). The van der Waals surface area contributed by atoms with Gasteiger partial charge in [-0.3, -0.25) is 0 Å². The Bertz CT molecular complexity index is 578. The lowest BCUT2D eigenvalue weighted by Crippen LogP contribution is -2.01. The van der Waals surface area contributed by atoms with Crippen LogP contribution in [0.25, 0.3) is 0 Å². The molecular weight excluding hydrogens is 392 g/mol. The van der Waals surface area contributed by atoms with Crippen LogP contribution < -0.4 is 9.47 Å². The van der Waals surface area contributed by atoms with Gasteiger partial charge < -0.3 is 14.3 Å². The lowest BCUT2D eigenvalue weighted by Gasteiger charge is -2.12. The molecule has 0 radical (unpaired) electrons. The summed E-state index contributed by atoms with van der Waals surface area (Å²) in [6, 6.07) is 3.11. The number of unbranched alkanes of at least 4 members (excludes halogenated alkanes) is 2. The molecule has 0 amide bonds. The predicted octanol–water partition coefficient (Wildman–Crippen LogP) is 6.38. The van der Waals surface area contributed by atoms with Gasteiger partial charge in [0.2, 0.25) is 0 Å². The molecule has 0 unspecified atom stereocenters. The summed E-state index contributed by atoms with van der Waals surface area (Å²) < 4.78 is 23.3. The summed E-state index contributed by atoms with van der Waals surface area (Å²) in [5, 5.41) is 3.68. The van der Waals surface area contributed by atoms with Gasteiger partial charge >= 0.3 is 0 Å². The monoisotopic (exact) mass is 411 g/mol. The zero-order valence-corrected chi connectivity index (χ0v) is 16.4. The maximum absolute atomic E-state index is 12.4. The molecule has 25 heavy (non-hydrogen) atoms. The normalized spacial score (nSPS) is 11.2.